The maximum absolute atomic E-state index is 12.2. The number of nitrogens with one attached hydrogen (secondary N) is 1. The Balaban J connectivity index is 1.49. The van der Waals surface area contributed by atoms with Crippen molar-refractivity contribution in [1.29, 1.82) is 0 Å². The number of hydrogen-bond acceptors (Lipinski definition) is 4. The molecule has 0 aliphatic carbocycles. The van der Waals surface area contributed by atoms with Crippen LogP contribution >= 0.6 is 0 Å². The van der Waals surface area contributed by atoms with E-state index in [1.54, 1.807) is 0 Å². The van der Waals surface area contributed by atoms with Crippen LogP contribution in [0.2, 0.25) is 0 Å². The van der Waals surface area contributed by atoms with E-state index in [4.69, 9.17) is 4.74 Å². The minimum atomic E-state index is -0.137. The first-order chi connectivity index (χ1) is 12.9. The zero-order chi connectivity index (χ0) is 19.3. The quantitative estimate of drug-likeness (QED) is 0.846. The third-order valence-corrected chi connectivity index (χ3v) is 4.78. The average molecular weight is 367 g/mol. The van der Waals surface area contributed by atoms with Gasteiger partial charge in [0, 0.05) is 25.8 Å². The summed E-state index contributed by atoms with van der Waals surface area (Å²) < 4.78 is 5.77. The van der Waals surface area contributed by atoms with Gasteiger partial charge in [0.1, 0.15) is 11.6 Å². The molecule has 2 aromatic rings. The van der Waals surface area contributed by atoms with Gasteiger partial charge in [-0.25, -0.2) is 4.98 Å². The van der Waals surface area contributed by atoms with E-state index >= 15 is 0 Å². The molecular formula is C22H29N3O2. The summed E-state index contributed by atoms with van der Waals surface area (Å²) in [5.74, 6) is 1.64. The Morgan fingerprint density at radius 3 is 2.56 bits per heavy atom. The lowest BCUT2D eigenvalue weighted by molar-refractivity contribution is -0.123. The number of carbonyl (C=O) groups excluding carboxylic acids is 1. The van der Waals surface area contributed by atoms with Crippen molar-refractivity contribution in [3.8, 4) is 5.75 Å². The van der Waals surface area contributed by atoms with Gasteiger partial charge in [0.05, 0.1) is 0 Å². The van der Waals surface area contributed by atoms with Crippen LogP contribution in [-0.4, -0.2) is 30.6 Å². The van der Waals surface area contributed by atoms with Gasteiger partial charge >= 0.3 is 0 Å². The topological polar surface area (TPSA) is 54.5 Å². The Bertz CT molecular complexity index is 760. The maximum Gasteiger partial charge on any atom is 0.258 e. The molecular weight excluding hydrogens is 338 g/mol. The first kappa shape index (κ1) is 19.2. The Morgan fingerprint density at radius 2 is 1.89 bits per heavy atom. The number of rotatable bonds is 6. The summed E-state index contributed by atoms with van der Waals surface area (Å²) in [5, 5.41) is 2.90. The highest BCUT2D eigenvalue weighted by molar-refractivity contribution is 5.77. The van der Waals surface area contributed by atoms with Gasteiger partial charge in [0.15, 0.2) is 6.61 Å². The van der Waals surface area contributed by atoms with E-state index in [2.05, 4.69) is 36.0 Å². The van der Waals surface area contributed by atoms with Crippen LogP contribution in [0.3, 0.4) is 0 Å². The second kappa shape index (κ2) is 8.42. The number of para-hydroxylation sites is 1. The number of anilines is 1. The van der Waals surface area contributed by atoms with E-state index in [0.29, 0.717) is 6.54 Å². The summed E-state index contributed by atoms with van der Waals surface area (Å²) in [4.78, 5) is 19.0. The van der Waals surface area contributed by atoms with Gasteiger partial charge in [-0.1, -0.05) is 45.0 Å². The molecule has 0 spiro atoms. The fraction of sp³-hybridized carbons (Fsp3) is 0.455. The fourth-order valence-electron chi connectivity index (χ4n) is 3.26. The molecule has 5 nitrogen and oxygen atoms in total. The third kappa shape index (κ3) is 5.22. The molecule has 5 heteroatoms. The van der Waals surface area contributed by atoms with E-state index in [1.165, 1.54) is 12.8 Å². The zero-order valence-electron chi connectivity index (χ0n) is 16.5. The molecule has 0 saturated carbocycles. The normalized spacial score (nSPS) is 14.3. The summed E-state index contributed by atoms with van der Waals surface area (Å²) in [5.41, 5.74) is 2.05. The number of carbonyl (C=O) groups is 1. The van der Waals surface area contributed by atoms with E-state index in [-0.39, 0.29) is 17.9 Å². The summed E-state index contributed by atoms with van der Waals surface area (Å²) >= 11 is 0. The van der Waals surface area contributed by atoms with Crippen LogP contribution in [0, 0.1) is 0 Å². The van der Waals surface area contributed by atoms with E-state index in [0.717, 1.165) is 35.8 Å². The highest BCUT2D eigenvalue weighted by Gasteiger charge is 2.19. The first-order valence-electron chi connectivity index (χ1n) is 9.62. The lowest BCUT2D eigenvalue weighted by Crippen LogP contribution is -2.29. The fourth-order valence-corrected chi connectivity index (χ4v) is 3.26. The van der Waals surface area contributed by atoms with Crippen molar-refractivity contribution >= 4 is 11.7 Å². The summed E-state index contributed by atoms with van der Waals surface area (Å²) in [6.45, 7) is 9.02. The molecule has 0 radical (unpaired) electrons. The molecule has 0 bridgehead atoms. The molecule has 1 aromatic carbocycles. The SMILES string of the molecule is CC(C)(C)c1ccccc1OCC(=O)NCc1ccc(N2CCCC2)nc1. The molecule has 0 atom stereocenters. The Labute approximate surface area is 161 Å². The molecule has 1 aromatic heterocycles. The predicted octanol–water partition coefficient (Wildman–Crippen LogP) is 3.67. The number of pyridine rings is 1. The van der Waals surface area contributed by atoms with Gasteiger partial charge in [0.25, 0.3) is 5.91 Å². The maximum atomic E-state index is 12.2. The smallest absolute Gasteiger partial charge is 0.258 e. The van der Waals surface area contributed by atoms with Crippen LogP contribution in [0.4, 0.5) is 5.82 Å². The van der Waals surface area contributed by atoms with Crippen molar-refractivity contribution in [2.24, 2.45) is 0 Å². The van der Waals surface area contributed by atoms with Crippen molar-refractivity contribution in [3.63, 3.8) is 0 Å². The van der Waals surface area contributed by atoms with Gasteiger partial charge in [-0.2, -0.15) is 0 Å². The number of aromatic nitrogens is 1. The number of benzene rings is 1. The monoisotopic (exact) mass is 367 g/mol. The van der Waals surface area contributed by atoms with Crippen LogP contribution in [0.15, 0.2) is 42.6 Å². The highest BCUT2D eigenvalue weighted by atomic mass is 16.5. The van der Waals surface area contributed by atoms with Crippen molar-refractivity contribution in [2.75, 3.05) is 24.6 Å². The van der Waals surface area contributed by atoms with Crippen molar-refractivity contribution in [3.05, 3.63) is 53.7 Å². The van der Waals surface area contributed by atoms with Crippen molar-refractivity contribution in [2.45, 2.75) is 45.6 Å². The lowest BCUT2D eigenvalue weighted by atomic mass is 9.86. The van der Waals surface area contributed by atoms with Crippen molar-refractivity contribution in [1.82, 2.24) is 10.3 Å². The summed E-state index contributed by atoms with van der Waals surface area (Å²) in [6.07, 6.45) is 4.30. The number of ether oxygens (including phenoxy) is 1. The van der Waals surface area contributed by atoms with Crippen molar-refractivity contribution < 1.29 is 9.53 Å². The highest BCUT2D eigenvalue weighted by Crippen LogP contribution is 2.30. The number of hydrogen-bond donors (Lipinski definition) is 1. The predicted molar refractivity (Wildman–Crippen MR) is 108 cm³/mol. The first-order valence-corrected chi connectivity index (χ1v) is 9.62. The number of nitrogens with zero attached hydrogens (tertiary/aromatic N) is 2. The van der Waals surface area contributed by atoms with E-state index in [1.807, 2.05) is 42.6 Å². The second-order valence-electron chi connectivity index (χ2n) is 8.03. The summed E-state index contributed by atoms with van der Waals surface area (Å²) in [6, 6.07) is 11.9. The lowest BCUT2D eigenvalue weighted by Gasteiger charge is -2.22. The average Bonchev–Trinajstić information content (AvgIpc) is 3.19. The largest absolute Gasteiger partial charge is 0.483 e. The summed E-state index contributed by atoms with van der Waals surface area (Å²) in [7, 11) is 0. The minimum absolute atomic E-state index is 0.00633. The van der Waals surface area contributed by atoms with Gasteiger partial charge in [-0.15, -0.1) is 0 Å². The van der Waals surface area contributed by atoms with Gasteiger partial charge < -0.3 is 15.0 Å². The Hall–Kier alpha value is -2.56. The molecule has 3 rings (SSSR count). The van der Waals surface area contributed by atoms with Gasteiger partial charge in [-0.05, 0) is 41.5 Å². The number of amides is 1. The molecule has 27 heavy (non-hydrogen) atoms. The molecule has 1 aliphatic rings. The molecule has 2 heterocycles. The van der Waals surface area contributed by atoms with E-state index < -0.39 is 0 Å². The third-order valence-electron chi connectivity index (χ3n) is 4.78. The second-order valence-corrected chi connectivity index (χ2v) is 8.03. The van der Waals surface area contributed by atoms with Gasteiger partial charge in [-0.3, -0.25) is 4.79 Å². The molecule has 1 fully saturated rings. The van der Waals surface area contributed by atoms with Crippen LogP contribution in [0.5, 0.6) is 5.75 Å². The zero-order valence-corrected chi connectivity index (χ0v) is 16.5. The van der Waals surface area contributed by atoms with Crippen LogP contribution in [-0.2, 0) is 16.8 Å². The Kier molecular flexibility index (Phi) is 5.99. The minimum Gasteiger partial charge on any atom is -0.483 e. The molecule has 1 saturated heterocycles. The van der Waals surface area contributed by atoms with Crippen LogP contribution in [0.1, 0.15) is 44.7 Å². The molecule has 1 aliphatic heterocycles. The Morgan fingerprint density at radius 1 is 1.15 bits per heavy atom. The molecule has 1 amide bonds. The molecule has 144 valence electrons. The van der Waals surface area contributed by atoms with Crippen LogP contribution in [0.25, 0.3) is 0 Å². The van der Waals surface area contributed by atoms with E-state index in [9.17, 15) is 4.79 Å². The molecule has 1 N–H and O–H groups in total. The standard InChI is InChI=1S/C22H29N3O2/c1-22(2,3)18-8-4-5-9-19(18)27-16-21(26)24-15-17-10-11-20(23-14-17)25-12-6-7-13-25/h4-5,8-11,14H,6-7,12-13,15-16H2,1-3H3,(H,24,26). The van der Waals surface area contributed by atoms with Gasteiger partial charge in [0.2, 0.25) is 0 Å². The molecule has 0 unspecified atom stereocenters. The van der Waals surface area contributed by atoms with Crippen LogP contribution < -0.4 is 15.0 Å².